The topological polar surface area (TPSA) is 94.0 Å². The summed E-state index contributed by atoms with van der Waals surface area (Å²) < 4.78 is 10.4. The summed E-state index contributed by atoms with van der Waals surface area (Å²) in [5.74, 6) is 1.20. The van der Waals surface area contributed by atoms with E-state index in [9.17, 15) is 4.79 Å². The number of rotatable bonds is 7. The molecule has 0 unspecified atom stereocenters. The Kier molecular flexibility index (Phi) is 7.35. The van der Waals surface area contributed by atoms with Crippen molar-refractivity contribution < 1.29 is 14.3 Å². The Morgan fingerprint density at radius 3 is 2.54 bits per heavy atom. The molecule has 1 aliphatic rings. The largest absolute Gasteiger partial charge is 0.496 e. The van der Waals surface area contributed by atoms with Crippen LogP contribution in [-0.4, -0.2) is 62.2 Å². The van der Waals surface area contributed by atoms with Gasteiger partial charge in [-0.25, -0.2) is 0 Å². The van der Waals surface area contributed by atoms with Crippen LogP contribution in [0.4, 0.5) is 0 Å². The summed E-state index contributed by atoms with van der Waals surface area (Å²) in [5.41, 5.74) is 13.8. The van der Waals surface area contributed by atoms with Crippen molar-refractivity contribution in [1.29, 1.82) is 0 Å². The van der Waals surface area contributed by atoms with Gasteiger partial charge in [0.15, 0.2) is 0 Å². The van der Waals surface area contributed by atoms with Gasteiger partial charge in [0, 0.05) is 43.5 Å². The molecular formula is C19H28N4O3. The number of nitrogens with two attached hydrogens (primary N) is 2. The molecule has 1 fully saturated rings. The molecule has 26 heavy (non-hydrogen) atoms. The maximum absolute atomic E-state index is 11.6. The highest BCUT2D eigenvalue weighted by Crippen LogP contribution is 2.26. The zero-order valence-corrected chi connectivity index (χ0v) is 15.5. The molecule has 4 N–H and O–H groups in total. The summed E-state index contributed by atoms with van der Waals surface area (Å²) in [7, 11) is 1.63. The van der Waals surface area contributed by atoms with Crippen molar-refractivity contribution in [2.45, 2.75) is 6.92 Å². The number of hydrogen-bond acceptors (Lipinski definition) is 7. The second kappa shape index (κ2) is 9.72. The van der Waals surface area contributed by atoms with Gasteiger partial charge in [0.05, 0.1) is 26.1 Å². The van der Waals surface area contributed by atoms with E-state index >= 15 is 0 Å². The second-order valence-electron chi connectivity index (χ2n) is 5.96. The quantitative estimate of drug-likeness (QED) is 0.553. The number of carbonyl (C=O) groups is 1. The first-order valence-electron chi connectivity index (χ1n) is 8.74. The maximum Gasteiger partial charge on any atom is 0.320 e. The lowest BCUT2D eigenvalue weighted by Crippen LogP contribution is -2.48. The molecule has 142 valence electrons. The van der Waals surface area contributed by atoms with Crippen LogP contribution in [0.15, 0.2) is 42.4 Å². The lowest BCUT2D eigenvalue weighted by atomic mass is 10.1. The summed E-state index contributed by atoms with van der Waals surface area (Å²) in [5, 5.41) is 0. The molecular weight excluding hydrogens is 332 g/mol. The van der Waals surface area contributed by atoms with Gasteiger partial charge in [-0.2, -0.15) is 0 Å². The van der Waals surface area contributed by atoms with Crippen molar-refractivity contribution in [2.24, 2.45) is 11.5 Å². The minimum atomic E-state index is -0.186. The minimum absolute atomic E-state index is 0.186. The molecule has 0 saturated carbocycles. The molecule has 0 aliphatic carbocycles. The van der Waals surface area contributed by atoms with Gasteiger partial charge in [0.1, 0.15) is 5.75 Å². The molecule has 7 nitrogen and oxygen atoms in total. The van der Waals surface area contributed by atoms with E-state index in [1.165, 1.54) is 6.20 Å². The fraction of sp³-hybridized carbons (Fsp3) is 0.421. The molecule has 7 heteroatoms. The van der Waals surface area contributed by atoms with E-state index in [0.717, 1.165) is 43.1 Å². The second-order valence-corrected chi connectivity index (χ2v) is 5.96. The molecule has 2 rings (SSSR count). The number of nitrogens with zero attached hydrogens (tertiary/aromatic N) is 2. The van der Waals surface area contributed by atoms with Gasteiger partial charge in [-0.05, 0) is 19.1 Å². The Bertz CT molecular complexity index is 665. The van der Waals surface area contributed by atoms with Crippen molar-refractivity contribution in [2.75, 3.05) is 46.4 Å². The zero-order valence-electron chi connectivity index (χ0n) is 15.5. The number of benzene rings is 1. The average Bonchev–Trinajstić information content (AvgIpc) is 2.66. The predicted octanol–water partition coefficient (Wildman–Crippen LogP) is 0.976. The number of esters is 1. The lowest BCUT2D eigenvalue weighted by Gasteiger charge is -2.35. The smallest absolute Gasteiger partial charge is 0.320 e. The number of hydrogen-bond donors (Lipinski definition) is 2. The summed E-state index contributed by atoms with van der Waals surface area (Å²) in [4.78, 5) is 15.7. The highest BCUT2D eigenvalue weighted by atomic mass is 16.5. The Hall–Kier alpha value is -2.67. The molecule has 1 heterocycles. The van der Waals surface area contributed by atoms with E-state index in [1.54, 1.807) is 7.11 Å². The van der Waals surface area contributed by atoms with Crippen LogP contribution in [0.3, 0.4) is 0 Å². The molecule has 1 saturated heterocycles. The fourth-order valence-corrected chi connectivity index (χ4v) is 2.90. The first-order chi connectivity index (χ1) is 12.6. The van der Waals surface area contributed by atoms with E-state index < -0.39 is 0 Å². The van der Waals surface area contributed by atoms with E-state index in [0.29, 0.717) is 19.0 Å². The van der Waals surface area contributed by atoms with Crippen LogP contribution in [0.2, 0.25) is 0 Å². The summed E-state index contributed by atoms with van der Waals surface area (Å²) in [6, 6.07) is 7.67. The fourth-order valence-electron chi connectivity index (χ4n) is 2.90. The number of carbonyl (C=O) groups excluding carboxylic acids is 1. The van der Waals surface area contributed by atoms with E-state index in [4.69, 9.17) is 20.9 Å². The highest BCUT2D eigenvalue weighted by Gasteiger charge is 2.20. The van der Waals surface area contributed by atoms with Gasteiger partial charge < -0.3 is 25.8 Å². The number of piperazine rings is 1. The highest BCUT2D eigenvalue weighted by molar-refractivity contribution is 5.77. The Balaban J connectivity index is 2.00. The third kappa shape index (κ3) is 5.16. The molecule has 0 bridgehead atoms. The van der Waals surface area contributed by atoms with Crippen molar-refractivity contribution in [3.8, 4) is 5.75 Å². The SMILES string of the molecule is CCOC(=O)CN1CCN(/C(N)=C/C(=C\N)c2ccccc2OC)CC1. The number of methoxy groups -OCH3 is 1. The minimum Gasteiger partial charge on any atom is -0.496 e. The van der Waals surface area contributed by atoms with Crippen LogP contribution in [0.5, 0.6) is 5.75 Å². The van der Waals surface area contributed by atoms with E-state index in [1.807, 2.05) is 37.3 Å². The monoisotopic (exact) mass is 360 g/mol. The molecule has 0 amide bonds. The Morgan fingerprint density at radius 2 is 1.92 bits per heavy atom. The van der Waals surface area contributed by atoms with Gasteiger partial charge in [-0.1, -0.05) is 18.2 Å². The third-order valence-corrected chi connectivity index (χ3v) is 4.30. The number of ether oxygens (including phenoxy) is 2. The lowest BCUT2D eigenvalue weighted by molar-refractivity contribution is -0.144. The third-order valence-electron chi connectivity index (χ3n) is 4.30. The van der Waals surface area contributed by atoms with Gasteiger partial charge in [0.25, 0.3) is 0 Å². The van der Waals surface area contributed by atoms with Gasteiger partial charge >= 0.3 is 5.97 Å². The predicted molar refractivity (Wildman–Crippen MR) is 102 cm³/mol. The van der Waals surface area contributed by atoms with Gasteiger partial charge in [-0.15, -0.1) is 0 Å². The van der Waals surface area contributed by atoms with Crippen LogP contribution < -0.4 is 16.2 Å². The normalized spacial score (nSPS) is 16.5. The van der Waals surface area contributed by atoms with Crippen molar-refractivity contribution in [3.05, 3.63) is 47.9 Å². The summed E-state index contributed by atoms with van der Waals surface area (Å²) >= 11 is 0. The first-order valence-corrected chi connectivity index (χ1v) is 8.74. The number of allylic oxidation sites excluding steroid dienone is 2. The van der Waals surface area contributed by atoms with Crippen molar-refractivity contribution in [1.82, 2.24) is 9.80 Å². The van der Waals surface area contributed by atoms with Crippen molar-refractivity contribution >= 4 is 11.5 Å². The molecule has 1 aliphatic heterocycles. The van der Waals surface area contributed by atoms with Gasteiger partial charge in [0.2, 0.25) is 0 Å². The average molecular weight is 360 g/mol. The Labute approximate surface area is 154 Å². The van der Waals surface area contributed by atoms with Crippen LogP contribution in [0.25, 0.3) is 5.57 Å². The molecule has 0 radical (unpaired) electrons. The zero-order chi connectivity index (χ0) is 18.9. The summed E-state index contributed by atoms with van der Waals surface area (Å²) in [6.45, 7) is 5.53. The van der Waals surface area contributed by atoms with Crippen LogP contribution in [0, 0.1) is 0 Å². The van der Waals surface area contributed by atoms with Crippen molar-refractivity contribution in [3.63, 3.8) is 0 Å². The molecule has 1 aromatic rings. The molecule has 0 atom stereocenters. The van der Waals surface area contributed by atoms with Gasteiger partial charge in [-0.3, -0.25) is 9.69 Å². The standard InChI is InChI=1S/C19H28N4O3/c1-3-26-19(24)14-22-8-10-23(11-9-22)18(21)12-15(13-20)16-6-4-5-7-17(16)25-2/h4-7,12-13H,3,8-11,14,20-21H2,1-2H3/b15-13+,18-12+. The van der Waals surface area contributed by atoms with E-state index in [-0.39, 0.29) is 5.97 Å². The first kappa shape index (κ1) is 19.7. The molecule has 0 spiro atoms. The Morgan fingerprint density at radius 1 is 1.23 bits per heavy atom. The van der Waals surface area contributed by atoms with Crippen LogP contribution in [0.1, 0.15) is 12.5 Å². The van der Waals surface area contributed by atoms with E-state index in [2.05, 4.69) is 9.80 Å². The summed E-state index contributed by atoms with van der Waals surface area (Å²) in [6.07, 6.45) is 3.39. The van der Waals surface area contributed by atoms with Crippen LogP contribution >= 0.6 is 0 Å². The van der Waals surface area contributed by atoms with Crippen LogP contribution in [-0.2, 0) is 9.53 Å². The number of para-hydroxylation sites is 1. The maximum atomic E-state index is 11.6. The molecule has 1 aromatic carbocycles. The molecule has 0 aromatic heterocycles.